The highest BCUT2D eigenvalue weighted by molar-refractivity contribution is 4.93. The molecule has 1 saturated carbocycles. The Balaban J connectivity index is 1.84. The summed E-state index contributed by atoms with van der Waals surface area (Å²) in [7, 11) is 0. The Kier molecular flexibility index (Phi) is 7.09. The molecular weight excluding hydrogens is 308 g/mol. The predicted octanol–water partition coefficient (Wildman–Crippen LogP) is 2.12. The monoisotopic (exact) mass is 344 g/mol. The van der Waals surface area contributed by atoms with Crippen LogP contribution in [-0.4, -0.2) is 59.1 Å². The van der Waals surface area contributed by atoms with Gasteiger partial charge in [-0.15, -0.1) is 0 Å². The number of aliphatic hydroxyl groups is 3. The van der Waals surface area contributed by atoms with Crippen LogP contribution in [0.3, 0.4) is 0 Å². The van der Waals surface area contributed by atoms with Crippen LogP contribution >= 0.6 is 0 Å². The Morgan fingerprint density at radius 2 is 1.62 bits per heavy atom. The lowest BCUT2D eigenvalue weighted by atomic mass is 9.68. The summed E-state index contributed by atoms with van der Waals surface area (Å²) < 4.78 is 11.7. The normalized spacial score (nSPS) is 38.2. The number of hydrogen-bond donors (Lipinski definition) is 3. The first-order valence-electron chi connectivity index (χ1n) is 9.53. The van der Waals surface area contributed by atoms with E-state index < -0.39 is 30.5 Å². The van der Waals surface area contributed by atoms with Crippen LogP contribution in [0.2, 0.25) is 0 Å². The fourth-order valence-electron chi connectivity index (χ4n) is 4.08. The summed E-state index contributed by atoms with van der Waals surface area (Å²) >= 11 is 0. The van der Waals surface area contributed by atoms with Crippen molar-refractivity contribution >= 4 is 0 Å². The highest BCUT2D eigenvalue weighted by Crippen LogP contribution is 2.42. The second-order valence-electron chi connectivity index (χ2n) is 8.51. The summed E-state index contributed by atoms with van der Waals surface area (Å²) in [5.41, 5.74) is 0.334. The third-order valence-corrected chi connectivity index (χ3v) is 6.24. The molecule has 0 aromatic heterocycles. The maximum absolute atomic E-state index is 10.2. The van der Waals surface area contributed by atoms with E-state index in [1.165, 1.54) is 32.1 Å². The Morgan fingerprint density at radius 1 is 1.00 bits per heavy atom. The molecule has 142 valence electrons. The van der Waals surface area contributed by atoms with E-state index in [4.69, 9.17) is 9.47 Å². The van der Waals surface area contributed by atoms with E-state index in [0.29, 0.717) is 17.9 Å². The standard InChI is InChI=1S/C19H36O5/c1-12(2)18-17(22)16(21)15(20)14(24-18)11-23-10-13(3)19(4)8-6-5-7-9-19/h12-18,20-22H,5-11H2,1-4H3. The van der Waals surface area contributed by atoms with Crippen molar-refractivity contribution in [2.24, 2.45) is 17.3 Å². The van der Waals surface area contributed by atoms with Crippen LogP contribution < -0.4 is 0 Å². The van der Waals surface area contributed by atoms with E-state index >= 15 is 0 Å². The van der Waals surface area contributed by atoms with Crippen molar-refractivity contribution in [2.75, 3.05) is 13.2 Å². The molecule has 2 fully saturated rings. The lowest BCUT2D eigenvalue weighted by Crippen LogP contribution is -2.60. The first-order valence-corrected chi connectivity index (χ1v) is 9.53. The van der Waals surface area contributed by atoms with E-state index in [9.17, 15) is 15.3 Å². The van der Waals surface area contributed by atoms with Gasteiger partial charge in [0.25, 0.3) is 0 Å². The molecule has 24 heavy (non-hydrogen) atoms. The first-order chi connectivity index (χ1) is 11.3. The quantitative estimate of drug-likeness (QED) is 0.688. The van der Waals surface area contributed by atoms with Crippen molar-refractivity contribution in [3.05, 3.63) is 0 Å². The number of aliphatic hydroxyl groups excluding tert-OH is 3. The molecule has 2 rings (SSSR count). The van der Waals surface area contributed by atoms with Crippen molar-refractivity contribution in [1.82, 2.24) is 0 Å². The van der Waals surface area contributed by atoms with Crippen LogP contribution in [0.25, 0.3) is 0 Å². The minimum absolute atomic E-state index is 0.0599. The molecule has 0 aromatic rings. The number of ether oxygens (including phenoxy) is 2. The van der Waals surface area contributed by atoms with Gasteiger partial charge in [-0.1, -0.05) is 47.0 Å². The van der Waals surface area contributed by atoms with E-state index in [2.05, 4.69) is 13.8 Å². The van der Waals surface area contributed by atoms with Gasteiger partial charge in [0, 0.05) is 6.61 Å². The van der Waals surface area contributed by atoms with Crippen LogP contribution in [0.15, 0.2) is 0 Å². The van der Waals surface area contributed by atoms with Gasteiger partial charge in [-0.2, -0.15) is 0 Å². The third-order valence-electron chi connectivity index (χ3n) is 6.24. The zero-order chi connectivity index (χ0) is 17.9. The summed E-state index contributed by atoms with van der Waals surface area (Å²) in [6.07, 6.45) is 1.99. The van der Waals surface area contributed by atoms with Crippen LogP contribution in [0.4, 0.5) is 0 Å². The molecule has 6 unspecified atom stereocenters. The van der Waals surface area contributed by atoms with Gasteiger partial charge in [-0.25, -0.2) is 0 Å². The van der Waals surface area contributed by atoms with Gasteiger partial charge < -0.3 is 24.8 Å². The third kappa shape index (κ3) is 4.50. The number of rotatable bonds is 6. The maximum atomic E-state index is 10.2. The molecule has 1 heterocycles. The Bertz CT molecular complexity index is 380. The average molecular weight is 344 g/mol. The van der Waals surface area contributed by atoms with Gasteiger partial charge in [0.2, 0.25) is 0 Å². The molecular formula is C19H36O5. The van der Waals surface area contributed by atoms with Crippen molar-refractivity contribution < 1.29 is 24.8 Å². The second kappa shape index (κ2) is 8.45. The van der Waals surface area contributed by atoms with Gasteiger partial charge in [0.1, 0.15) is 24.4 Å². The smallest absolute Gasteiger partial charge is 0.111 e. The zero-order valence-electron chi connectivity index (χ0n) is 15.6. The fourth-order valence-corrected chi connectivity index (χ4v) is 4.08. The summed E-state index contributed by atoms with van der Waals surface area (Å²) in [4.78, 5) is 0. The Labute approximate surface area is 146 Å². The van der Waals surface area contributed by atoms with Crippen LogP contribution in [-0.2, 0) is 9.47 Å². The summed E-state index contributed by atoms with van der Waals surface area (Å²) in [6, 6.07) is 0. The molecule has 3 N–H and O–H groups in total. The van der Waals surface area contributed by atoms with E-state index in [0.717, 1.165) is 0 Å². The molecule has 2 aliphatic rings. The first kappa shape index (κ1) is 20.1. The largest absolute Gasteiger partial charge is 0.388 e. The molecule has 5 heteroatoms. The lowest BCUT2D eigenvalue weighted by Gasteiger charge is -2.43. The average Bonchev–Trinajstić information content (AvgIpc) is 2.55. The van der Waals surface area contributed by atoms with E-state index in [-0.39, 0.29) is 12.5 Å². The Morgan fingerprint density at radius 3 is 2.21 bits per heavy atom. The molecule has 0 bridgehead atoms. The van der Waals surface area contributed by atoms with Gasteiger partial charge in [-0.05, 0) is 30.1 Å². The summed E-state index contributed by atoms with van der Waals surface area (Å²) in [5.74, 6) is 0.514. The van der Waals surface area contributed by atoms with Gasteiger partial charge >= 0.3 is 0 Å². The molecule has 5 nitrogen and oxygen atoms in total. The SMILES string of the molecule is CC(C)C1OC(COCC(C)C2(C)CCCCC2)C(O)C(O)C1O. The predicted molar refractivity (Wildman–Crippen MR) is 92.7 cm³/mol. The molecule has 1 saturated heterocycles. The van der Waals surface area contributed by atoms with Crippen molar-refractivity contribution in [1.29, 1.82) is 0 Å². The van der Waals surface area contributed by atoms with E-state index in [1.807, 2.05) is 13.8 Å². The van der Waals surface area contributed by atoms with Crippen LogP contribution in [0, 0.1) is 17.3 Å². The summed E-state index contributed by atoms with van der Waals surface area (Å²) in [6.45, 7) is 9.33. The molecule has 0 amide bonds. The molecule has 1 aliphatic carbocycles. The minimum atomic E-state index is -1.19. The zero-order valence-corrected chi connectivity index (χ0v) is 15.6. The van der Waals surface area contributed by atoms with Crippen LogP contribution in [0.1, 0.15) is 59.8 Å². The van der Waals surface area contributed by atoms with Crippen molar-refractivity contribution in [3.8, 4) is 0 Å². The van der Waals surface area contributed by atoms with Crippen molar-refractivity contribution in [2.45, 2.75) is 90.3 Å². The molecule has 0 aromatic carbocycles. The molecule has 0 radical (unpaired) electrons. The van der Waals surface area contributed by atoms with Gasteiger partial charge in [0.15, 0.2) is 0 Å². The highest BCUT2D eigenvalue weighted by atomic mass is 16.6. The van der Waals surface area contributed by atoms with Crippen LogP contribution in [0.5, 0.6) is 0 Å². The molecule has 6 atom stereocenters. The highest BCUT2D eigenvalue weighted by Gasteiger charge is 2.44. The minimum Gasteiger partial charge on any atom is -0.388 e. The molecule has 0 spiro atoms. The van der Waals surface area contributed by atoms with Crippen molar-refractivity contribution in [3.63, 3.8) is 0 Å². The van der Waals surface area contributed by atoms with E-state index in [1.54, 1.807) is 0 Å². The topological polar surface area (TPSA) is 79.2 Å². The molecule has 1 aliphatic heterocycles. The second-order valence-corrected chi connectivity index (χ2v) is 8.51. The lowest BCUT2D eigenvalue weighted by molar-refractivity contribution is -0.242. The van der Waals surface area contributed by atoms with Gasteiger partial charge in [-0.3, -0.25) is 0 Å². The number of hydrogen-bond acceptors (Lipinski definition) is 5. The maximum Gasteiger partial charge on any atom is 0.111 e. The fraction of sp³-hybridized carbons (Fsp3) is 1.00. The Hall–Kier alpha value is -0.200. The summed E-state index contributed by atoms with van der Waals surface area (Å²) in [5, 5.41) is 30.2. The van der Waals surface area contributed by atoms with Gasteiger partial charge in [0.05, 0.1) is 12.7 Å².